The molecule has 10 heavy (non-hydrogen) atoms. The summed E-state index contributed by atoms with van der Waals surface area (Å²) in [6.45, 7) is 3.67. The van der Waals surface area contributed by atoms with E-state index < -0.39 is 6.10 Å². The highest BCUT2D eigenvalue weighted by atomic mass is 16.6. The first-order valence-corrected chi connectivity index (χ1v) is 3.61. The molecule has 1 rings (SSSR count). The normalized spacial score (nSPS) is 37.2. The second kappa shape index (κ2) is 2.86. The van der Waals surface area contributed by atoms with E-state index in [0.717, 1.165) is 0 Å². The largest absolute Gasteiger partial charge is 0.394 e. The van der Waals surface area contributed by atoms with Gasteiger partial charge in [-0.1, -0.05) is 6.92 Å². The van der Waals surface area contributed by atoms with Crippen molar-refractivity contribution < 1.29 is 14.9 Å². The molecule has 1 fully saturated rings. The summed E-state index contributed by atoms with van der Waals surface area (Å²) in [4.78, 5) is 0. The zero-order valence-corrected chi connectivity index (χ0v) is 6.32. The lowest BCUT2D eigenvalue weighted by molar-refractivity contribution is 0.0428. The Bertz CT molecular complexity index is 111. The summed E-state index contributed by atoms with van der Waals surface area (Å²) in [5.41, 5.74) is 0. The molecule has 1 aliphatic rings. The summed E-state index contributed by atoms with van der Waals surface area (Å²) in [5.74, 6) is 0.0556. The molecular weight excluding hydrogens is 132 g/mol. The predicted molar refractivity (Wildman–Crippen MR) is 36.6 cm³/mol. The smallest absolute Gasteiger partial charge is 0.0889 e. The summed E-state index contributed by atoms with van der Waals surface area (Å²) >= 11 is 0. The minimum Gasteiger partial charge on any atom is -0.394 e. The molecule has 3 heteroatoms. The lowest BCUT2D eigenvalue weighted by Gasteiger charge is -2.13. The summed E-state index contributed by atoms with van der Waals surface area (Å²) in [5, 5.41) is 17.7. The minimum atomic E-state index is -0.630. The third-order valence-electron chi connectivity index (χ3n) is 2.07. The van der Waals surface area contributed by atoms with Crippen LogP contribution < -0.4 is 0 Å². The molecule has 0 aliphatic carbocycles. The summed E-state index contributed by atoms with van der Waals surface area (Å²) in [7, 11) is 0. The fourth-order valence-electron chi connectivity index (χ4n) is 1.14. The van der Waals surface area contributed by atoms with E-state index in [1.807, 2.05) is 13.8 Å². The fraction of sp³-hybridized carbons (Fsp3) is 1.00. The lowest BCUT2D eigenvalue weighted by Crippen LogP contribution is -2.26. The molecule has 0 aromatic rings. The van der Waals surface area contributed by atoms with Crippen molar-refractivity contribution in [1.29, 1.82) is 0 Å². The first-order valence-electron chi connectivity index (χ1n) is 3.61. The molecule has 1 saturated heterocycles. The Balaban J connectivity index is 2.27. The summed E-state index contributed by atoms with van der Waals surface area (Å²) in [6.07, 6.45) is -0.215. The van der Waals surface area contributed by atoms with E-state index in [2.05, 4.69) is 0 Å². The second-order valence-electron chi connectivity index (χ2n) is 2.91. The van der Waals surface area contributed by atoms with Crippen LogP contribution in [-0.2, 0) is 4.74 Å². The average molecular weight is 146 g/mol. The summed E-state index contributed by atoms with van der Waals surface area (Å²) < 4.78 is 5.13. The number of aliphatic hydroxyl groups excluding tert-OH is 2. The first-order chi connectivity index (χ1) is 4.66. The van der Waals surface area contributed by atoms with Crippen molar-refractivity contribution >= 4 is 0 Å². The lowest BCUT2D eigenvalue weighted by atomic mass is 10.00. The molecule has 0 bridgehead atoms. The van der Waals surface area contributed by atoms with Gasteiger partial charge in [0.15, 0.2) is 0 Å². The Morgan fingerprint density at radius 1 is 1.60 bits per heavy atom. The van der Waals surface area contributed by atoms with Crippen LogP contribution in [0.5, 0.6) is 0 Å². The van der Waals surface area contributed by atoms with Crippen LogP contribution in [0.3, 0.4) is 0 Å². The highest BCUT2D eigenvalue weighted by molar-refractivity contribution is 4.88. The van der Waals surface area contributed by atoms with Gasteiger partial charge in [-0.05, 0) is 6.92 Å². The molecule has 4 atom stereocenters. The van der Waals surface area contributed by atoms with Crippen LogP contribution in [0.25, 0.3) is 0 Å². The van der Waals surface area contributed by atoms with Crippen LogP contribution in [-0.4, -0.2) is 35.1 Å². The quantitative estimate of drug-likeness (QED) is 0.540. The van der Waals surface area contributed by atoms with Crippen LogP contribution >= 0.6 is 0 Å². The molecule has 0 radical (unpaired) electrons. The van der Waals surface area contributed by atoms with Crippen molar-refractivity contribution in [2.24, 2.45) is 5.92 Å². The number of epoxide rings is 1. The van der Waals surface area contributed by atoms with Gasteiger partial charge in [-0.15, -0.1) is 0 Å². The molecule has 3 nitrogen and oxygen atoms in total. The van der Waals surface area contributed by atoms with E-state index in [-0.39, 0.29) is 24.7 Å². The maximum atomic E-state index is 9.12. The Morgan fingerprint density at radius 2 is 2.10 bits per heavy atom. The first kappa shape index (κ1) is 7.98. The summed E-state index contributed by atoms with van der Waals surface area (Å²) in [6, 6.07) is 0. The predicted octanol–water partition coefficient (Wildman–Crippen LogP) is -0.237. The van der Waals surface area contributed by atoms with Crippen molar-refractivity contribution in [1.82, 2.24) is 0 Å². The highest BCUT2D eigenvalue weighted by Gasteiger charge is 2.41. The number of aliphatic hydroxyl groups is 2. The Hall–Kier alpha value is -0.120. The van der Waals surface area contributed by atoms with Crippen molar-refractivity contribution in [3.63, 3.8) is 0 Å². The molecule has 60 valence electrons. The Kier molecular flexibility index (Phi) is 2.28. The van der Waals surface area contributed by atoms with Gasteiger partial charge in [-0.25, -0.2) is 0 Å². The van der Waals surface area contributed by atoms with Crippen molar-refractivity contribution in [3.8, 4) is 0 Å². The van der Waals surface area contributed by atoms with E-state index in [1.165, 1.54) is 0 Å². The molecule has 0 unspecified atom stereocenters. The van der Waals surface area contributed by atoms with Crippen molar-refractivity contribution in [2.75, 3.05) is 6.61 Å². The molecule has 0 saturated carbocycles. The molecule has 0 aromatic carbocycles. The number of hydrogen-bond donors (Lipinski definition) is 2. The molecule has 2 N–H and O–H groups in total. The van der Waals surface area contributed by atoms with Crippen LogP contribution in [0.15, 0.2) is 0 Å². The maximum Gasteiger partial charge on any atom is 0.0889 e. The van der Waals surface area contributed by atoms with E-state index in [1.54, 1.807) is 0 Å². The monoisotopic (exact) mass is 146 g/mol. The van der Waals surface area contributed by atoms with E-state index in [0.29, 0.717) is 0 Å². The number of hydrogen-bond acceptors (Lipinski definition) is 3. The van der Waals surface area contributed by atoms with Gasteiger partial charge in [0.2, 0.25) is 0 Å². The minimum absolute atomic E-state index is 0.0556. The van der Waals surface area contributed by atoms with E-state index in [9.17, 15) is 0 Å². The van der Waals surface area contributed by atoms with Gasteiger partial charge in [-0.3, -0.25) is 0 Å². The Labute approximate surface area is 60.6 Å². The maximum absolute atomic E-state index is 9.12. The van der Waals surface area contributed by atoms with Gasteiger partial charge >= 0.3 is 0 Å². The van der Waals surface area contributed by atoms with Gasteiger partial charge in [0.25, 0.3) is 0 Å². The van der Waals surface area contributed by atoms with Gasteiger partial charge in [-0.2, -0.15) is 0 Å². The molecule has 0 aromatic heterocycles. The second-order valence-corrected chi connectivity index (χ2v) is 2.91. The molecular formula is C7H14O3. The third kappa shape index (κ3) is 1.48. The van der Waals surface area contributed by atoms with Crippen LogP contribution in [0.2, 0.25) is 0 Å². The fourth-order valence-corrected chi connectivity index (χ4v) is 1.14. The van der Waals surface area contributed by atoms with Gasteiger partial charge in [0.05, 0.1) is 24.9 Å². The van der Waals surface area contributed by atoms with Gasteiger partial charge < -0.3 is 14.9 Å². The number of ether oxygens (including phenoxy) is 1. The third-order valence-corrected chi connectivity index (χ3v) is 2.07. The zero-order chi connectivity index (χ0) is 7.72. The number of rotatable bonds is 3. The zero-order valence-electron chi connectivity index (χ0n) is 6.32. The van der Waals surface area contributed by atoms with E-state index in [4.69, 9.17) is 14.9 Å². The van der Waals surface area contributed by atoms with Gasteiger partial charge in [0, 0.05) is 5.92 Å². The molecule has 0 spiro atoms. The highest BCUT2D eigenvalue weighted by Crippen LogP contribution is 2.30. The van der Waals surface area contributed by atoms with Crippen LogP contribution in [0.1, 0.15) is 13.8 Å². The topological polar surface area (TPSA) is 53.0 Å². The standard InChI is InChI=1S/C7H14O3/c1-4(6(9)3-8)7-5(2)10-7/h4-9H,3H2,1-2H3/t4-,5-,6+,7-/m1/s1. The molecule has 0 amide bonds. The van der Waals surface area contributed by atoms with Crippen molar-refractivity contribution in [3.05, 3.63) is 0 Å². The molecule has 1 heterocycles. The van der Waals surface area contributed by atoms with Gasteiger partial charge in [0.1, 0.15) is 0 Å². The molecule has 1 aliphatic heterocycles. The Morgan fingerprint density at radius 3 is 2.40 bits per heavy atom. The van der Waals surface area contributed by atoms with Crippen LogP contribution in [0, 0.1) is 5.92 Å². The van der Waals surface area contributed by atoms with E-state index >= 15 is 0 Å². The van der Waals surface area contributed by atoms with Crippen LogP contribution in [0.4, 0.5) is 0 Å². The SMILES string of the molecule is C[C@@H]([C@H]1O[C@@H]1C)[C@@H](O)CO. The average Bonchev–Trinajstić information content (AvgIpc) is 2.63. The van der Waals surface area contributed by atoms with Crippen molar-refractivity contribution in [2.45, 2.75) is 32.2 Å².